The second-order valence-corrected chi connectivity index (χ2v) is 5.03. The van der Waals surface area contributed by atoms with Crippen LogP contribution in [0, 0.1) is 12.7 Å². The number of hydrogen-bond donors (Lipinski definition) is 2. The minimum Gasteiger partial charge on any atom is -0.376 e. The summed E-state index contributed by atoms with van der Waals surface area (Å²) in [7, 11) is 1.72. The number of nitrogens with one attached hydrogen (secondary N) is 2. The van der Waals surface area contributed by atoms with E-state index in [0.29, 0.717) is 18.1 Å². The second-order valence-electron chi connectivity index (χ2n) is 5.03. The minimum atomic E-state index is -0.174. The van der Waals surface area contributed by atoms with Crippen molar-refractivity contribution < 1.29 is 9.13 Å². The van der Waals surface area contributed by atoms with Crippen molar-refractivity contribution in [3.8, 4) is 0 Å². The predicted molar refractivity (Wildman–Crippen MR) is 93.7 cm³/mol. The first-order chi connectivity index (χ1) is 9.69. The van der Waals surface area contributed by atoms with Gasteiger partial charge in [0.15, 0.2) is 5.96 Å². The molecule has 0 aromatic heterocycles. The Balaban J connectivity index is 0.00000220. The Morgan fingerprint density at radius 3 is 2.86 bits per heavy atom. The molecule has 1 aromatic carbocycles. The second kappa shape index (κ2) is 9.19. The van der Waals surface area contributed by atoms with Crippen LogP contribution in [0.15, 0.2) is 23.2 Å². The molecule has 1 aromatic rings. The van der Waals surface area contributed by atoms with Crippen molar-refractivity contribution >= 4 is 29.9 Å². The molecule has 0 amide bonds. The largest absolute Gasteiger partial charge is 0.376 e. The van der Waals surface area contributed by atoms with Crippen molar-refractivity contribution in [1.82, 2.24) is 10.6 Å². The van der Waals surface area contributed by atoms with Gasteiger partial charge in [0.1, 0.15) is 5.82 Å². The summed E-state index contributed by atoms with van der Waals surface area (Å²) in [5.41, 5.74) is 1.56. The summed E-state index contributed by atoms with van der Waals surface area (Å²) < 4.78 is 19.0. The Kier molecular flexibility index (Phi) is 7.95. The van der Waals surface area contributed by atoms with Gasteiger partial charge in [-0.3, -0.25) is 4.99 Å². The van der Waals surface area contributed by atoms with Crippen molar-refractivity contribution in [3.05, 3.63) is 35.1 Å². The van der Waals surface area contributed by atoms with E-state index in [1.54, 1.807) is 26.1 Å². The highest BCUT2D eigenvalue weighted by atomic mass is 127. The van der Waals surface area contributed by atoms with E-state index in [1.807, 2.05) is 6.07 Å². The fourth-order valence-corrected chi connectivity index (χ4v) is 2.17. The van der Waals surface area contributed by atoms with Crippen molar-refractivity contribution in [2.75, 3.05) is 20.2 Å². The van der Waals surface area contributed by atoms with Gasteiger partial charge >= 0.3 is 0 Å². The number of aryl methyl sites for hydroxylation is 1. The van der Waals surface area contributed by atoms with Gasteiger partial charge in [-0.05, 0) is 37.0 Å². The summed E-state index contributed by atoms with van der Waals surface area (Å²) in [4.78, 5) is 4.15. The number of hydrogen-bond acceptors (Lipinski definition) is 2. The zero-order valence-corrected chi connectivity index (χ0v) is 14.8. The number of benzene rings is 1. The molecule has 2 rings (SSSR count). The molecular weight excluding hydrogens is 384 g/mol. The number of guanidine groups is 1. The molecule has 1 saturated heterocycles. The van der Waals surface area contributed by atoms with Gasteiger partial charge in [0, 0.05) is 26.7 Å². The monoisotopic (exact) mass is 407 g/mol. The van der Waals surface area contributed by atoms with Gasteiger partial charge in [0.25, 0.3) is 0 Å². The first kappa shape index (κ1) is 18.2. The number of ether oxygens (including phenoxy) is 1. The zero-order chi connectivity index (χ0) is 14.4. The van der Waals surface area contributed by atoms with Crippen LogP contribution in [-0.4, -0.2) is 32.3 Å². The van der Waals surface area contributed by atoms with Crippen molar-refractivity contribution in [1.29, 1.82) is 0 Å². The van der Waals surface area contributed by atoms with Crippen LogP contribution in [0.1, 0.15) is 24.0 Å². The van der Waals surface area contributed by atoms with Crippen LogP contribution in [0.2, 0.25) is 0 Å². The van der Waals surface area contributed by atoms with E-state index in [0.717, 1.165) is 31.6 Å². The quantitative estimate of drug-likeness (QED) is 0.458. The van der Waals surface area contributed by atoms with Gasteiger partial charge in [-0.25, -0.2) is 4.39 Å². The van der Waals surface area contributed by atoms with Gasteiger partial charge in [-0.15, -0.1) is 24.0 Å². The zero-order valence-electron chi connectivity index (χ0n) is 12.5. The van der Waals surface area contributed by atoms with Crippen LogP contribution in [0.4, 0.5) is 4.39 Å². The maximum Gasteiger partial charge on any atom is 0.191 e. The van der Waals surface area contributed by atoms with Crippen LogP contribution in [0.3, 0.4) is 0 Å². The highest BCUT2D eigenvalue weighted by molar-refractivity contribution is 14.0. The Morgan fingerprint density at radius 2 is 2.24 bits per heavy atom. The van der Waals surface area contributed by atoms with E-state index >= 15 is 0 Å². The average Bonchev–Trinajstić information content (AvgIpc) is 2.96. The molecule has 1 unspecified atom stereocenters. The lowest BCUT2D eigenvalue weighted by atomic mass is 10.1. The third kappa shape index (κ3) is 5.78. The molecule has 1 heterocycles. The van der Waals surface area contributed by atoms with E-state index in [9.17, 15) is 4.39 Å². The molecule has 4 nitrogen and oxygen atoms in total. The molecule has 21 heavy (non-hydrogen) atoms. The van der Waals surface area contributed by atoms with Gasteiger partial charge < -0.3 is 15.4 Å². The summed E-state index contributed by atoms with van der Waals surface area (Å²) in [5, 5.41) is 6.40. The molecule has 1 aliphatic heterocycles. The van der Waals surface area contributed by atoms with Crippen LogP contribution < -0.4 is 10.6 Å². The summed E-state index contributed by atoms with van der Waals surface area (Å²) in [6.07, 6.45) is 2.49. The first-order valence-electron chi connectivity index (χ1n) is 7.00. The highest BCUT2D eigenvalue weighted by Gasteiger charge is 2.15. The third-order valence-electron chi connectivity index (χ3n) is 3.44. The molecule has 0 spiro atoms. The molecule has 0 radical (unpaired) electrons. The lowest BCUT2D eigenvalue weighted by molar-refractivity contribution is 0.114. The van der Waals surface area contributed by atoms with Crippen molar-refractivity contribution in [2.24, 2.45) is 4.99 Å². The maximum absolute atomic E-state index is 13.4. The highest BCUT2D eigenvalue weighted by Crippen LogP contribution is 2.10. The number of rotatable bonds is 4. The Hall–Kier alpha value is -0.890. The first-order valence-corrected chi connectivity index (χ1v) is 7.00. The third-order valence-corrected chi connectivity index (χ3v) is 3.44. The molecule has 118 valence electrons. The molecule has 2 N–H and O–H groups in total. The fourth-order valence-electron chi connectivity index (χ4n) is 2.17. The van der Waals surface area contributed by atoms with Crippen molar-refractivity contribution in [3.63, 3.8) is 0 Å². The molecular formula is C15H23FIN3O. The Morgan fingerprint density at radius 1 is 1.43 bits per heavy atom. The van der Waals surface area contributed by atoms with Gasteiger partial charge in [-0.1, -0.05) is 12.1 Å². The molecule has 0 aliphatic carbocycles. The van der Waals surface area contributed by atoms with Crippen molar-refractivity contribution in [2.45, 2.75) is 32.4 Å². The summed E-state index contributed by atoms with van der Waals surface area (Å²) in [5.74, 6) is 0.535. The molecule has 0 saturated carbocycles. The molecule has 1 fully saturated rings. The predicted octanol–water partition coefficient (Wildman–Crippen LogP) is 2.60. The standard InChI is InChI=1S/C15H22FN3O.HI/c1-11-5-6-12(8-14(11)16)9-18-15(17-2)19-10-13-4-3-7-20-13;/h5-6,8,13H,3-4,7,9-10H2,1-2H3,(H2,17,18,19);1H. The van der Waals surface area contributed by atoms with Crippen LogP contribution in [0.5, 0.6) is 0 Å². The smallest absolute Gasteiger partial charge is 0.191 e. The van der Waals surface area contributed by atoms with E-state index in [2.05, 4.69) is 15.6 Å². The van der Waals surface area contributed by atoms with Crippen LogP contribution in [0.25, 0.3) is 0 Å². The summed E-state index contributed by atoms with van der Waals surface area (Å²) in [6.45, 7) is 3.90. The van der Waals surface area contributed by atoms with E-state index < -0.39 is 0 Å². The summed E-state index contributed by atoms with van der Waals surface area (Å²) >= 11 is 0. The molecule has 1 atom stereocenters. The summed E-state index contributed by atoms with van der Waals surface area (Å²) in [6, 6.07) is 5.25. The lowest BCUT2D eigenvalue weighted by Gasteiger charge is -2.15. The Labute approximate surface area is 142 Å². The number of halogens is 2. The molecule has 0 bridgehead atoms. The minimum absolute atomic E-state index is 0. The SMILES string of the molecule is CN=C(NCc1ccc(C)c(F)c1)NCC1CCCO1.I. The average molecular weight is 407 g/mol. The van der Waals surface area contributed by atoms with Gasteiger partial charge in [0.2, 0.25) is 0 Å². The van der Waals surface area contributed by atoms with E-state index in [-0.39, 0.29) is 35.9 Å². The number of nitrogens with zero attached hydrogens (tertiary/aromatic N) is 1. The molecule has 1 aliphatic rings. The normalized spacial score (nSPS) is 18.2. The van der Waals surface area contributed by atoms with Gasteiger partial charge in [0.05, 0.1) is 6.10 Å². The van der Waals surface area contributed by atoms with Crippen LogP contribution >= 0.6 is 24.0 Å². The lowest BCUT2D eigenvalue weighted by Crippen LogP contribution is -2.40. The van der Waals surface area contributed by atoms with E-state index in [1.165, 1.54) is 0 Å². The maximum atomic E-state index is 13.4. The van der Waals surface area contributed by atoms with E-state index in [4.69, 9.17) is 4.74 Å². The van der Waals surface area contributed by atoms with Crippen LogP contribution in [-0.2, 0) is 11.3 Å². The molecule has 6 heteroatoms. The Bertz CT molecular complexity index is 476. The fraction of sp³-hybridized carbons (Fsp3) is 0.533. The number of aliphatic imine (C=N–C) groups is 1. The topological polar surface area (TPSA) is 45.7 Å². The van der Waals surface area contributed by atoms with Gasteiger partial charge in [-0.2, -0.15) is 0 Å².